The molecular formula is C40H41ClF4N4O5. The third kappa shape index (κ3) is 8.53. The van der Waals surface area contributed by atoms with Gasteiger partial charge < -0.3 is 19.9 Å². The number of fused-ring (bicyclic) bond motifs is 1. The summed E-state index contributed by atoms with van der Waals surface area (Å²) in [7, 11) is 4.23. The van der Waals surface area contributed by atoms with E-state index in [1.807, 2.05) is 30.3 Å². The van der Waals surface area contributed by atoms with E-state index in [1.165, 1.54) is 32.2 Å². The molecule has 1 aromatic heterocycles. The van der Waals surface area contributed by atoms with E-state index >= 15 is 4.39 Å². The predicted molar refractivity (Wildman–Crippen MR) is 195 cm³/mol. The number of nitrogens with one attached hydrogen (secondary N) is 1. The van der Waals surface area contributed by atoms with Gasteiger partial charge in [-0.3, -0.25) is 14.5 Å². The van der Waals surface area contributed by atoms with E-state index < -0.39 is 30.2 Å². The number of aromatic nitrogens is 2. The molecule has 0 saturated heterocycles. The second-order valence-electron chi connectivity index (χ2n) is 13.9. The summed E-state index contributed by atoms with van der Waals surface area (Å²) in [6.07, 6.45) is -1.75. The maximum absolute atomic E-state index is 15.6. The molecule has 4 aromatic rings. The first-order chi connectivity index (χ1) is 25.8. The maximum atomic E-state index is 15.6. The topological polar surface area (TPSA) is 114 Å². The number of hydrogen-bond acceptors (Lipinski definition) is 8. The van der Waals surface area contributed by atoms with Gasteiger partial charge in [0, 0.05) is 42.6 Å². The minimum atomic E-state index is -4.81. The Morgan fingerprint density at radius 1 is 1.02 bits per heavy atom. The highest BCUT2D eigenvalue weighted by molar-refractivity contribution is 6.36. The fourth-order valence-electron chi connectivity index (χ4n) is 7.65. The van der Waals surface area contributed by atoms with Crippen molar-refractivity contribution in [3.63, 3.8) is 0 Å². The van der Waals surface area contributed by atoms with E-state index in [4.69, 9.17) is 26.2 Å². The largest absolute Gasteiger partial charge is 0.496 e. The number of carboxylic acid groups (broad SMARTS) is 1. The van der Waals surface area contributed by atoms with E-state index in [-0.39, 0.29) is 54.4 Å². The van der Waals surface area contributed by atoms with Crippen LogP contribution in [0.25, 0.3) is 22.3 Å². The molecule has 1 fully saturated rings. The van der Waals surface area contributed by atoms with Crippen molar-refractivity contribution in [3.05, 3.63) is 93.1 Å². The summed E-state index contributed by atoms with van der Waals surface area (Å²) in [5.41, 5.74) is 3.37. The summed E-state index contributed by atoms with van der Waals surface area (Å²) in [5, 5.41) is 12.8. The minimum absolute atomic E-state index is 0.0489. The fourth-order valence-corrected chi connectivity index (χ4v) is 7.99. The number of carbonyl (C=O) groups is 2. The summed E-state index contributed by atoms with van der Waals surface area (Å²) in [6.45, 7) is 0.245. The molecule has 2 N–H and O–H groups in total. The lowest BCUT2D eigenvalue weighted by Crippen LogP contribution is -2.27. The Kier molecular flexibility index (Phi) is 11.9. The van der Waals surface area contributed by atoms with Gasteiger partial charge >= 0.3 is 12.1 Å². The van der Waals surface area contributed by atoms with Crippen molar-refractivity contribution in [2.45, 2.75) is 63.7 Å². The lowest BCUT2D eigenvalue weighted by Gasteiger charge is -2.20. The quantitative estimate of drug-likeness (QED) is 0.124. The van der Waals surface area contributed by atoms with Crippen molar-refractivity contribution in [2.24, 2.45) is 5.92 Å². The van der Waals surface area contributed by atoms with Crippen LogP contribution in [0.3, 0.4) is 0 Å². The molecular weight excluding hydrogens is 728 g/mol. The van der Waals surface area contributed by atoms with Crippen LogP contribution in [0.2, 0.25) is 5.02 Å². The highest BCUT2D eigenvalue weighted by Gasteiger charge is 2.39. The molecule has 54 heavy (non-hydrogen) atoms. The maximum Gasteiger partial charge on any atom is 0.435 e. The molecule has 2 atom stereocenters. The normalized spacial score (nSPS) is 16.9. The number of benzene rings is 3. The van der Waals surface area contributed by atoms with Crippen molar-refractivity contribution in [2.75, 3.05) is 34.4 Å². The lowest BCUT2D eigenvalue weighted by molar-refractivity contribution is -0.142. The smallest absolute Gasteiger partial charge is 0.435 e. The third-order valence-electron chi connectivity index (χ3n) is 10.2. The summed E-state index contributed by atoms with van der Waals surface area (Å²) in [5.74, 6) is -1.12. The van der Waals surface area contributed by atoms with Crippen molar-refractivity contribution in [1.29, 1.82) is 0 Å². The first-order valence-corrected chi connectivity index (χ1v) is 18.1. The number of ether oxygens (including phenoxy) is 2. The number of ketones is 1. The Morgan fingerprint density at radius 2 is 1.76 bits per heavy atom. The Labute approximate surface area is 315 Å². The van der Waals surface area contributed by atoms with Crippen molar-refractivity contribution < 1.29 is 41.7 Å². The number of methoxy groups -OCH3 is 2. The van der Waals surface area contributed by atoms with Crippen LogP contribution in [0.1, 0.15) is 65.4 Å². The molecule has 1 saturated carbocycles. The zero-order valence-electron chi connectivity index (χ0n) is 30.2. The molecule has 0 aliphatic heterocycles. The summed E-state index contributed by atoms with van der Waals surface area (Å²) in [4.78, 5) is 32.3. The molecule has 286 valence electrons. The number of Topliss-reactive ketones (excluding diaryl/α,β-unsaturated/α-hetero) is 1. The summed E-state index contributed by atoms with van der Waals surface area (Å²) < 4.78 is 69.8. The van der Waals surface area contributed by atoms with Crippen LogP contribution < -0.4 is 14.8 Å². The van der Waals surface area contributed by atoms with E-state index in [0.717, 1.165) is 23.1 Å². The van der Waals surface area contributed by atoms with Crippen LogP contribution >= 0.6 is 11.6 Å². The molecule has 1 heterocycles. The molecule has 6 rings (SSSR count). The number of aliphatic carboxylic acids is 1. The number of hydrogen-bond donors (Lipinski definition) is 2. The molecule has 2 aliphatic carbocycles. The van der Waals surface area contributed by atoms with Gasteiger partial charge in [-0.1, -0.05) is 48.0 Å². The van der Waals surface area contributed by atoms with Crippen LogP contribution in [0.15, 0.2) is 48.5 Å². The molecule has 0 radical (unpaired) electrons. The van der Waals surface area contributed by atoms with Crippen LogP contribution in [0, 0.1) is 11.7 Å². The van der Waals surface area contributed by atoms with Crippen LogP contribution in [-0.2, 0) is 41.7 Å². The molecule has 2 aliphatic rings. The number of carboxylic acids is 1. The molecule has 3 aromatic carbocycles. The van der Waals surface area contributed by atoms with E-state index in [0.29, 0.717) is 65.3 Å². The van der Waals surface area contributed by atoms with E-state index in [2.05, 4.69) is 15.3 Å². The number of carbonyl (C=O) groups excluding carboxylic acids is 1. The zero-order valence-corrected chi connectivity index (χ0v) is 30.9. The van der Waals surface area contributed by atoms with Crippen molar-refractivity contribution in [1.82, 2.24) is 20.2 Å². The number of likely N-dealkylation sites (N-methyl/N-ethyl adjacent to an activating group) is 1. The lowest BCUT2D eigenvalue weighted by atomic mass is 9.91. The van der Waals surface area contributed by atoms with Gasteiger partial charge in [0.2, 0.25) is 5.88 Å². The Hall–Kier alpha value is -4.59. The minimum Gasteiger partial charge on any atom is -0.496 e. The monoisotopic (exact) mass is 768 g/mol. The highest BCUT2D eigenvalue weighted by Crippen LogP contribution is 2.45. The molecule has 0 unspecified atom stereocenters. The molecule has 14 heteroatoms. The predicted octanol–water partition coefficient (Wildman–Crippen LogP) is 7.89. The van der Waals surface area contributed by atoms with Gasteiger partial charge in [0.15, 0.2) is 5.69 Å². The Morgan fingerprint density at radius 3 is 2.44 bits per heavy atom. The second-order valence-corrected chi connectivity index (χ2v) is 14.3. The number of alkyl halides is 3. The average molecular weight is 769 g/mol. The summed E-state index contributed by atoms with van der Waals surface area (Å²) >= 11 is 7.09. The summed E-state index contributed by atoms with van der Waals surface area (Å²) in [6, 6.07) is 14.3. The third-order valence-corrected chi connectivity index (χ3v) is 10.6. The van der Waals surface area contributed by atoms with Crippen LogP contribution in [0.4, 0.5) is 17.6 Å². The van der Waals surface area contributed by atoms with Gasteiger partial charge in [-0.25, -0.2) is 14.4 Å². The fraction of sp³-hybridized carbons (Fsp3) is 0.400. The highest BCUT2D eigenvalue weighted by atomic mass is 35.5. The number of halogens is 5. The van der Waals surface area contributed by atoms with Gasteiger partial charge in [0.05, 0.1) is 31.5 Å². The first kappa shape index (κ1) is 39.1. The van der Waals surface area contributed by atoms with Crippen LogP contribution in [0.5, 0.6) is 11.6 Å². The van der Waals surface area contributed by atoms with Gasteiger partial charge in [-0.15, -0.1) is 0 Å². The SMILES string of the molecule is COc1cc(-c2cccc(-c3cccc4c3CC[C@@H]4Cc3nc(OC)c(CN(C)CC(=O)O)nc3C(F)(F)F)c2Cl)cc(F)c1CNC[C@@H]1CCC(=O)C1. The van der Waals surface area contributed by atoms with Crippen molar-refractivity contribution in [3.8, 4) is 33.9 Å². The Bertz CT molecular complexity index is 2060. The Balaban J connectivity index is 1.27. The second kappa shape index (κ2) is 16.4. The van der Waals surface area contributed by atoms with Gasteiger partial charge in [-0.2, -0.15) is 13.2 Å². The van der Waals surface area contributed by atoms with Gasteiger partial charge in [-0.05, 0) is 85.5 Å². The standard InChI is InChI=1S/C40H41ClF4N4O5/c1-49(21-36(51)52)20-34-39(54-3)48-33(38(47-34)40(43,44)45)16-23-11-13-29-26(23)6-4-8-28(29)30-9-5-7-27(37(30)41)24-15-32(42)31(35(17-24)53-2)19-46-18-22-10-12-25(50)14-22/h4-9,15,17,22-23,46H,10-14,16,18-21H2,1-3H3,(H,51,52)/t22-,23-/m1/s1. The molecule has 0 spiro atoms. The number of nitrogens with zero attached hydrogens (tertiary/aromatic N) is 3. The molecule has 0 bridgehead atoms. The first-order valence-electron chi connectivity index (χ1n) is 17.7. The molecule has 0 amide bonds. The van der Waals surface area contributed by atoms with Crippen molar-refractivity contribution >= 4 is 23.4 Å². The zero-order chi connectivity index (χ0) is 38.7. The average Bonchev–Trinajstić information content (AvgIpc) is 3.73. The van der Waals surface area contributed by atoms with Gasteiger partial charge in [0.25, 0.3) is 0 Å². The van der Waals surface area contributed by atoms with E-state index in [9.17, 15) is 22.8 Å². The number of rotatable bonds is 14. The van der Waals surface area contributed by atoms with E-state index in [1.54, 1.807) is 12.1 Å². The van der Waals surface area contributed by atoms with Crippen LogP contribution in [-0.4, -0.2) is 66.1 Å². The van der Waals surface area contributed by atoms with Gasteiger partial charge in [0.1, 0.15) is 23.0 Å². The molecule has 9 nitrogen and oxygen atoms in total.